The molecule has 3 aromatic rings. The van der Waals surface area contributed by atoms with Crippen molar-refractivity contribution in [2.45, 2.75) is 13.0 Å². The number of carbonyl (C=O) groups excluding carboxylic acids is 1. The lowest BCUT2D eigenvalue weighted by Crippen LogP contribution is -2.26. The summed E-state index contributed by atoms with van der Waals surface area (Å²) >= 11 is 0. The Hall–Kier alpha value is -2.81. The standard InChI is InChI=1S/C20H19NO2/c1-14(15-10-12-17(23-2)13-11-15)21-20(22)19-9-5-7-16-6-3-4-8-18(16)19/h3-14H,1-2H3,(H,21,22)/t14-/m1/s1. The van der Waals surface area contributed by atoms with Crippen molar-refractivity contribution in [2.24, 2.45) is 0 Å². The number of hydrogen-bond donors (Lipinski definition) is 1. The highest BCUT2D eigenvalue weighted by Crippen LogP contribution is 2.21. The van der Waals surface area contributed by atoms with Gasteiger partial charge in [0.2, 0.25) is 0 Å². The zero-order valence-corrected chi connectivity index (χ0v) is 13.2. The molecule has 0 spiro atoms. The van der Waals surface area contributed by atoms with Gasteiger partial charge < -0.3 is 10.1 Å². The number of nitrogens with one attached hydrogen (secondary N) is 1. The smallest absolute Gasteiger partial charge is 0.252 e. The Balaban J connectivity index is 1.82. The van der Waals surface area contributed by atoms with E-state index in [1.807, 2.05) is 73.7 Å². The summed E-state index contributed by atoms with van der Waals surface area (Å²) in [6.07, 6.45) is 0. The maximum absolute atomic E-state index is 12.6. The average Bonchev–Trinajstić information content (AvgIpc) is 2.61. The van der Waals surface area contributed by atoms with E-state index in [9.17, 15) is 4.79 Å². The lowest BCUT2D eigenvalue weighted by Gasteiger charge is -2.15. The van der Waals surface area contributed by atoms with Gasteiger partial charge in [0.05, 0.1) is 13.2 Å². The summed E-state index contributed by atoms with van der Waals surface area (Å²) in [5.41, 5.74) is 1.74. The Morgan fingerprint density at radius 3 is 2.39 bits per heavy atom. The number of hydrogen-bond acceptors (Lipinski definition) is 2. The average molecular weight is 305 g/mol. The molecule has 1 N–H and O–H groups in total. The van der Waals surface area contributed by atoms with E-state index >= 15 is 0 Å². The van der Waals surface area contributed by atoms with Crippen molar-refractivity contribution in [2.75, 3.05) is 7.11 Å². The molecule has 0 bridgehead atoms. The molecule has 1 amide bonds. The molecule has 3 rings (SSSR count). The van der Waals surface area contributed by atoms with Gasteiger partial charge in [-0.1, -0.05) is 48.5 Å². The third kappa shape index (κ3) is 3.19. The number of ether oxygens (including phenoxy) is 1. The minimum Gasteiger partial charge on any atom is -0.497 e. The highest BCUT2D eigenvalue weighted by molar-refractivity contribution is 6.07. The zero-order chi connectivity index (χ0) is 16.2. The number of benzene rings is 3. The van der Waals surface area contributed by atoms with Crippen LogP contribution in [0.1, 0.15) is 28.9 Å². The molecule has 3 nitrogen and oxygen atoms in total. The van der Waals surface area contributed by atoms with E-state index < -0.39 is 0 Å². The van der Waals surface area contributed by atoms with Gasteiger partial charge in [-0.3, -0.25) is 4.79 Å². The Labute approximate surface area is 135 Å². The van der Waals surface area contributed by atoms with Crippen LogP contribution in [0.15, 0.2) is 66.7 Å². The molecule has 0 saturated heterocycles. The topological polar surface area (TPSA) is 38.3 Å². The van der Waals surface area contributed by atoms with Gasteiger partial charge >= 0.3 is 0 Å². The van der Waals surface area contributed by atoms with Crippen molar-refractivity contribution in [1.82, 2.24) is 5.32 Å². The van der Waals surface area contributed by atoms with Gasteiger partial charge in [0, 0.05) is 5.56 Å². The fourth-order valence-corrected chi connectivity index (χ4v) is 2.67. The highest BCUT2D eigenvalue weighted by atomic mass is 16.5. The van der Waals surface area contributed by atoms with Crippen LogP contribution < -0.4 is 10.1 Å². The van der Waals surface area contributed by atoms with E-state index in [1.165, 1.54) is 0 Å². The first kappa shape index (κ1) is 15.1. The normalized spacial score (nSPS) is 11.9. The van der Waals surface area contributed by atoms with Crippen molar-refractivity contribution in [3.63, 3.8) is 0 Å². The predicted octanol–water partition coefficient (Wildman–Crippen LogP) is 4.34. The predicted molar refractivity (Wildman–Crippen MR) is 92.8 cm³/mol. The van der Waals surface area contributed by atoms with Crippen LogP contribution in [0.4, 0.5) is 0 Å². The monoisotopic (exact) mass is 305 g/mol. The van der Waals surface area contributed by atoms with Crippen LogP contribution in [-0.4, -0.2) is 13.0 Å². The highest BCUT2D eigenvalue weighted by Gasteiger charge is 2.13. The number of rotatable bonds is 4. The van der Waals surface area contributed by atoms with E-state index in [0.717, 1.165) is 22.1 Å². The van der Waals surface area contributed by atoms with Crippen LogP contribution in [0.25, 0.3) is 10.8 Å². The molecule has 0 radical (unpaired) electrons. The van der Waals surface area contributed by atoms with Crippen LogP contribution in [0.2, 0.25) is 0 Å². The zero-order valence-electron chi connectivity index (χ0n) is 13.2. The minimum absolute atomic E-state index is 0.0647. The molecule has 0 aliphatic carbocycles. The van der Waals surface area contributed by atoms with Gasteiger partial charge in [0.25, 0.3) is 5.91 Å². The van der Waals surface area contributed by atoms with E-state index in [-0.39, 0.29) is 11.9 Å². The summed E-state index contributed by atoms with van der Waals surface area (Å²) in [5, 5.41) is 5.10. The molecular formula is C20H19NO2. The van der Waals surface area contributed by atoms with Crippen LogP contribution >= 0.6 is 0 Å². The first-order valence-electron chi connectivity index (χ1n) is 7.61. The first-order valence-corrected chi connectivity index (χ1v) is 7.61. The fourth-order valence-electron chi connectivity index (χ4n) is 2.67. The number of methoxy groups -OCH3 is 1. The van der Waals surface area contributed by atoms with Crippen LogP contribution in [0.5, 0.6) is 5.75 Å². The lowest BCUT2D eigenvalue weighted by atomic mass is 10.0. The summed E-state index contributed by atoms with van der Waals surface area (Å²) in [6.45, 7) is 1.98. The van der Waals surface area contributed by atoms with Crippen LogP contribution in [0, 0.1) is 0 Å². The fraction of sp³-hybridized carbons (Fsp3) is 0.150. The van der Waals surface area contributed by atoms with E-state index in [1.54, 1.807) is 7.11 Å². The molecule has 1 atom stereocenters. The summed E-state index contributed by atoms with van der Waals surface area (Å²) in [4.78, 5) is 12.6. The Morgan fingerprint density at radius 1 is 0.957 bits per heavy atom. The quantitative estimate of drug-likeness (QED) is 0.778. The summed E-state index contributed by atoms with van der Waals surface area (Å²) in [5.74, 6) is 0.742. The third-order valence-corrected chi connectivity index (χ3v) is 4.00. The molecule has 23 heavy (non-hydrogen) atoms. The molecule has 0 fully saturated rings. The molecule has 0 heterocycles. The van der Waals surface area contributed by atoms with Gasteiger partial charge in [-0.2, -0.15) is 0 Å². The molecule has 0 unspecified atom stereocenters. The van der Waals surface area contributed by atoms with Gasteiger partial charge in [0.1, 0.15) is 5.75 Å². The first-order chi connectivity index (χ1) is 11.2. The molecule has 0 aliphatic rings. The molecule has 0 aromatic heterocycles. The number of amides is 1. The van der Waals surface area contributed by atoms with Crippen molar-refractivity contribution in [3.05, 3.63) is 77.9 Å². The maximum atomic E-state index is 12.6. The third-order valence-electron chi connectivity index (χ3n) is 4.00. The van der Waals surface area contributed by atoms with Crippen molar-refractivity contribution >= 4 is 16.7 Å². The molecule has 3 heteroatoms. The van der Waals surface area contributed by atoms with Gasteiger partial charge in [-0.25, -0.2) is 0 Å². The van der Waals surface area contributed by atoms with E-state index in [4.69, 9.17) is 4.74 Å². The Bertz CT molecular complexity index is 819. The summed E-state index contributed by atoms with van der Waals surface area (Å²) < 4.78 is 5.16. The van der Waals surface area contributed by atoms with Gasteiger partial charge in [0.15, 0.2) is 0 Å². The van der Waals surface area contributed by atoms with Crippen molar-refractivity contribution in [3.8, 4) is 5.75 Å². The van der Waals surface area contributed by atoms with Gasteiger partial charge in [-0.15, -0.1) is 0 Å². The molecule has 116 valence electrons. The van der Waals surface area contributed by atoms with Crippen LogP contribution in [0.3, 0.4) is 0 Å². The Morgan fingerprint density at radius 2 is 1.65 bits per heavy atom. The molecule has 3 aromatic carbocycles. The minimum atomic E-state index is -0.0765. The van der Waals surface area contributed by atoms with Crippen molar-refractivity contribution in [1.29, 1.82) is 0 Å². The molecule has 0 saturated carbocycles. The Kier molecular flexibility index (Phi) is 4.29. The summed E-state index contributed by atoms with van der Waals surface area (Å²) in [7, 11) is 1.64. The second-order valence-electron chi connectivity index (χ2n) is 5.50. The van der Waals surface area contributed by atoms with Gasteiger partial charge in [-0.05, 0) is 41.5 Å². The summed E-state index contributed by atoms with van der Waals surface area (Å²) in [6, 6.07) is 21.3. The van der Waals surface area contributed by atoms with Crippen LogP contribution in [-0.2, 0) is 0 Å². The number of carbonyl (C=O) groups is 1. The molecule has 0 aliphatic heterocycles. The van der Waals surface area contributed by atoms with E-state index in [0.29, 0.717) is 5.56 Å². The van der Waals surface area contributed by atoms with E-state index in [2.05, 4.69) is 5.32 Å². The SMILES string of the molecule is COc1ccc([C@@H](C)NC(=O)c2cccc3ccccc23)cc1. The second kappa shape index (κ2) is 6.53. The number of fused-ring (bicyclic) bond motifs is 1. The maximum Gasteiger partial charge on any atom is 0.252 e. The second-order valence-corrected chi connectivity index (χ2v) is 5.50. The largest absolute Gasteiger partial charge is 0.497 e. The molecular weight excluding hydrogens is 286 g/mol. The lowest BCUT2D eigenvalue weighted by molar-refractivity contribution is 0.0941. The van der Waals surface area contributed by atoms with Crippen molar-refractivity contribution < 1.29 is 9.53 Å².